The number of fused-ring (bicyclic) bond motifs is 3. The van der Waals surface area contributed by atoms with Gasteiger partial charge in [0.05, 0.1) is 12.0 Å². The second-order valence-corrected chi connectivity index (χ2v) is 6.41. The van der Waals surface area contributed by atoms with E-state index >= 15 is 0 Å². The first-order valence-electron chi connectivity index (χ1n) is 8.06. The fourth-order valence-corrected chi connectivity index (χ4v) is 4.36. The van der Waals surface area contributed by atoms with E-state index in [0.717, 1.165) is 12.8 Å². The van der Waals surface area contributed by atoms with Crippen LogP contribution in [0.5, 0.6) is 0 Å². The van der Waals surface area contributed by atoms with Crippen molar-refractivity contribution in [2.75, 3.05) is 6.61 Å². The fraction of sp³-hybridized carbons (Fsp3) is 0.350. The summed E-state index contributed by atoms with van der Waals surface area (Å²) in [6, 6.07) is 18.9. The minimum Gasteiger partial charge on any atom is -0.466 e. The molecule has 112 valence electrons. The number of hydrogen-bond acceptors (Lipinski definition) is 2. The van der Waals surface area contributed by atoms with Crippen molar-refractivity contribution in [3.63, 3.8) is 0 Å². The summed E-state index contributed by atoms with van der Waals surface area (Å²) in [5.74, 6) is 0.732. The Morgan fingerprint density at radius 1 is 1.14 bits per heavy atom. The van der Waals surface area contributed by atoms with Crippen molar-refractivity contribution in [2.24, 2.45) is 11.3 Å². The second kappa shape index (κ2) is 4.98. The van der Waals surface area contributed by atoms with Crippen molar-refractivity contribution in [3.8, 4) is 0 Å². The Morgan fingerprint density at radius 2 is 1.86 bits per heavy atom. The highest BCUT2D eigenvalue weighted by Gasteiger charge is 2.72. The van der Waals surface area contributed by atoms with Crippen LogP contribution in [0.15, 0.2) is 54.6 Å². The Kier molecular flexibility index (Phi) is 3.07. The van der Waals surface area contributed by atoms with Gasteiger partial charge in [0.1, 0.15) is 0 Å². The quantitative estimate of drug-likeness (QED) is 0.802. The number of rotatable bonds is 4. The first-order valence-corrected chi connectivity index (χ1v) is 8.06. The average Bonchev–Trinajstić information content (AvgIpc) is 2.99. The van der Waals surface area contributed by atoms with E-state index in [4.69, 9.17) is 4.74 Å². The van der Waals surface area contributed by atoms with Gasteiger partial charge in [0.2, 0.25) is 0 Å². The summed E-state index contributed by atoms with van der Waals surface area (Å²) in [4.78, 5) is 12.7. The molecular formula is C20H20O2. The van der Waals surface area contributed by atoms with Gasteiger partial charge in [0.15, 0.2) is 0 Å². The van der Waals surface area contributed by atoms with Crippen LogP contribution in [0.3, 0.4) is 0 Å². The third kappa shape index (κ3) is 1.83. The van der Waals surface area contributed by atoms with Crippen LogP contribution in [0.25, 0.3) is 0 Å². The van der Waals surface area contributed by atoms with E-state index in [1.165, 1.54) is 16.7 Å². The summed E-state index contributed by atoms with van der Waals surface area (Å²) in [6.07, 6.45) is 1.79. The third-order valence-corrected chi connectivity index (χ3v) is 5.33. The Bertz CT molecular complexity index is 707. The molecule has 4 rings (SSSR count). The topological polar surface area (TPSA) is 26.3 Å². The van der Waals surface area contributed by atoms with Crippen LogP contribution in [0.2, 0.25) is 0 Å². The zero-order valence-corrected chi connectivity index (χ0v) is 12.8. The van der Waals surface area contributed by atoms with E-state index in [-0.39, 0.29) is 11.4 Å². The molecule has 2 aliphatic carbocycles. The van der Waals surface area contributed by atoms with Crippen molar-refractivity contribution in [1.29, 1.82) is 0 Å². The predicted molar refractivity (Wildman–Crippen MR) is 85.6 cm³/mol. The molecule has 0 radical (unpaired) electrons. The van der Waals surface area contributed by atoms with Crippen molar-refractivity contribution >= 4 is 5.97 Å². The molecule has 22 heavy (non-hydrogen) atoms. The molecule has 2 aromatic rings. The molecule has 0 aromatic heterocycles. The van der Waals surface area contributed by atoms with Crippen molar-refractivity contribution < 1.29 is 9.53 Å². The third-order valence-electron chi connectivity index (χ3n) is 5.33. The molecule has 2 aliphatic rings. The maximum Gasteiger partial charge on any atom is 0.313 e. The maximum absolute atomic E-state index is 12.7. The standard InChI is InChI=1S/C20H20O2/c1-2-22-19(21)20(13-14-8-4-3-5-9-14)17-12-15-10-6-7-11-16(15)18(17)20/h3-11,17-18H,2,12-13H2,1H3/t17-,18+,20+/m0/s1. The van der Waals surface area contributed by atoms with Gasteiger partial charge in [-0.15, -0.1) is 0 Å². The van der Waals surface area contributed by atoms with E-state index in [1.807, 2.05) is 25.1 Å². The Balaban J connectivity index is 1.70. The van der Waals surface area contributed by atoms with Gasteiger partial charge >= 0.3 is 5.97 Å². The summed E-state index contributed by atoms with van der Waals surface area (Å²) in [6.45, 7) is 2.34. The molecule has 1 fully saturated rings. The van der Waals surface area contributed by atoms with E-state index in [1.54, 1.807) is 0 Å². The zero-order chi connectivity index (χ0) is 15.2. The molecule has 2 nitrogen and oxygen atoms in total. The smallest absolute Gasteiger partial charge is 0.313 e. The lowest BCUT2D eigenvalue weighted by molar-refractivity contribution is -0.150. The van der Waals surface area contributed by atoms with E-state index in [2.05, 4.69) is 36.4 Å². The number of hydrogen-bond donors (Lipinski definition) is 0. The highest BCUT2D eigenvalue weighted by molar-refractivity contribution is 5.85. The monoisotopic (exact) mass is 292 g/mol. The lowest BCUT2D eigenvalue weighted by Gasteiger charge is -2.20. The lowest BCUT2D eigenvalue weighted by atomic mass is 9.86. The fourth-order valence-electron chi connectivity index (χ4n) is 4.36. The molecular weight excluding hydrogens is 272 g/mol. The molecule has 0 heterocycles. The molecule has 0 aliphatic heterocycles. The number of carbonyl (C=O) groups is 1. The summed E-state index contributed by atoms with van der Waals surface area (Å²) < 4.78 is 5.45. The highest BCUT2D eigenvalue weighted by atomic mass is 16.5. The van der Waals surface area contributed by atoms with Gasteiger partial charge in [-0.25, -0.2) is 0 Å². The average molecular weight is 292 g/mol. The van der Waals surface area contributed by atoms with E-state index in [0.29, 0.717) is 18.4 Å². The summed E-state index contributed by atoms with van der Waals surface area (Å²) in [5, 5.41) is 0. The van der Waals surface area contributed by atoms with Crippen LogP contribution >= 0.6 is 0 Å². The van der Waals surface area contributed by atoms with Crippen LogP contribution in [0.1, 0.15) is 29.5 Å². The molecule has 0 unspecified atom stereocenters. The molecule has 3 atom stereocenters. The van der Waals surface area contributed by atoms with Gasteiger partial charge in [-0.2, -0.15) is 0 Å². The van der Waals surface area contributed by atoms with Gasteiger partial charge in [-0.3, -0.25) is 4.79 Å². The Hall–Kier alpha value is -2.09. The van der Waals surface area contributed by atoms with Crippen molar-refractivity contribution in [3.05, 3.63) is 71.3 Å². The van der Waals surface area contributed by atoms with Crippen LogP contribution in [0.4, 0.5) is 0 Å². The normalized spacial score (nSPS) is 27.9. The molecule has 0 amide bonds. The molecule has 0 bridgehead atoms. The maximum atomic E-state index is 12.7. The van der Waals surface area contributed by atoms with Crippen LogP contribution in [-0.4, -0.2) is 12.6 Å². The molecule has 2 heteroatoms. The van der Waals surface area contributed by atoms with Crippen LogP contribution < -0.4 is 0 Å². The van der Waals surface area contributed by atoms with Crippen LogP contribution in [-0.2, 0) is 22.4 Å². The Labute approximate surface area is 131 Å². The molecule has 0 saturated heterocycles. The molecule has 0 N–H and O–H groups in total. The summed E-state index contributed by atoms with van der Waals surface area (Å²) >= 11 is 0. The highest BCUT2D eigenvalue weighted by Crippen LogP contribution is 2.72. The Morgan fingerprint density at radius 3 is 2.64 bits per heavy atom. The molecule has 2 aromatic carbocycles. The summed E-state index contributed by atoms with van der Waals surface area (Å²) in [5.41, 5.74) is 3.65. The number of carbonyl (C=O) groups excluding carboxylic acids is 1. The van der Waals surface area contributed by atoms with E-state index in [9.17, 15) is 4.79 Å². The number of ether oxygens (including phenoxy) is 1. The van der Waals surface area contributed by atoms with Crippen LogP contribution in [0, 0.1) is 11.3 Å². The first kappa shape index (κ1) is 13.6. The van der Waals surface area contributed by atoms with Gasteiger partial charge in [-0.05, 0) is 42.4 Å². The van der Waals surface area contributed by atoms with Gasteiger partial charge < -0.3 is 4.74 Å². The zero-order valence-electron chi connectivity index (χ0n) is 12.8. The minimum absolute atomic E-state index is 0.0108. The van der Waals surface area contributed by atoms with Gasteiger partial charge in [0, 0.05) is 5.92 Å². The van der Waals surface area contributed by atoms with Gasteiger partial charge in [-0.1, -0.05) is 54.6 Å². The molecule has 0 spiro atoms. The SMILES string of the molecule is CCOC(=O)[C@@]1(Cc2ccccc2)[C@@H]2c3ccccc3C[C@@H]21. The predicted octanol–water partition coefficient (Wildman–Crippen LogP) is 3.75. The van der Waals surface area contributed by atoms with Crippen molar-refractivity contribution in [1.82, 2.24) is 0 Å². The minimum atomic E-state index is -0.342. The van der Waals surface area contributed by atoms with Crippen molar-refractivity contribution in [2.45, 2.75) is 25.7 Å². The van der Waals surface area contributed by atoms with E-state index < -0.39 is 0 Å². The molecule has 1 saturated carbocycles. The first-order chi connectivity index (χ1) is 10.8. The van der Waals surface area contributed by atoms with Gasteiger partial charge in [0.25, 0.3) is 0 Å². The second-order valence-electron chi connectivity index (χ2n) is 6.41. The number of esters is 1. The summed E-state index contributed by atoms with van der Waals surface area (Å²) in [7, 11) is 0. The lowest BCUT2D eigenvalue weighted by Crippen LogP contribution is -2.27. The largest absolute Gasteiger partial charge is 0.466 e. The number of benzene rings is 2.